The van der Waals surface area contributed by atoms with Crippen molar-refractivity contribution in [3.8, 4) is 0 Å². The molecule has 0 amide bonds. The molecule has 4 aliphatic rings. The lowest BCUT2D eigenvalue weighted by molar-refractivity contribution is -0.202. The van der Waals surface area contributed by atoms with E-state index < -0.39 is 5.60 Å². The van der Waals surface area contributed by atoms with Crippen molar-refractivity contribution in [2.75, 3.05) is 0 Å². The second kappa shape index (κ2) is 21.7. The SMILES string of the molecule is [O]C(C1CCCCCCCCC1)(C1CCCCCCCCC1)C(C1CCCCCCCCC1)C1CCCCCCCCC1. The van der Waals surface area contributed by atoms with Crippen molar-refractivity contribution in [2.24, 2.45) is 29.6 Å². The molecule has 4 aliphatic carbocycles. The zero-order valence-corrected chi connectivity index (χ0v) is 29.3. The van der Waals surface area contributed by atoms with Crippen LogP contribution in [0.1, 0.15) is 231 Å². The zero-order chi connectivity index (χ0) is 29.8. The van der Waals surface area contributed by atoms with Crippen molar-refractivity contribution in [1.29, 1.82) is 0 Å². The second-order valence-corrected chi connectivity index (χ2v) is 16.5. The van der Waals surface area contributed by atoms with E-state index in [1.807, 2.05) is 0 Å². The van der Waals surface area contributed by atoms with Gasteiger partial charge in [-0.05, 0) is 55.3 Å². The van der Waals surface area contributed by atoms with Gasteiger partial charge in [-0.1, -0.05) is 205 Å². The summed E-state index contributed by atoms with van der Waals surface area (Å²) in [5, 5.41) is 16.9. The molecule has 43 heavy (non-hydrogen) atoms. The van der Waals surface area contributed by atoms with E-state index in [9.17, 15) is 0 Å². The van der Waals surface area contributed by atoms with Gasteiger partial charge in [-0.15, -0.1) is 0 Å². The fourth-order valence-electron chi connectivity index (χ4n) is 10.9. The summed E-state index contributed by atoms with van der Waals surface area (Å²) >= 11 is 0. The van der Waals surface area contributed by atoms with E-state index in [4.69, 9.17) is 0 Å². The number of hydrogen-bond donors (Lipinski definition) is 0. The third kappa shape index (κ3) is 12.2. The molecule has 0 bridgehead atoms. The van der Waals surface area contributed by atoms with Crippen LogP contribution in [-0.2, 0) is 5.11 Å². The third-order valence-corrected chi connectivity index (χ3v) is 13.3. The largest absolute Gasteiger partial charge is 0.229 e. The summed E-state index contributed by atoms with van der Waals surface area (Å²) in [7, 11) is 0. The predicted molar refractivity (Wildman–Crippen MR) is 187 cm³/mol. The molecule has 0 spiro atoms. The van der Waals surface area contributed by atoms with Crippen LogP contribution in [0.4, 0.5) is 0 Å². The third-order valence-electron chi connectivity index (χ3n) is 13.3. The van der Waals surface area contributed by atoms with Crippen molar-refractivity contribution in [3.05, 3.63) is 0 Å². The first-order valence-corrected chi connectivity index (χ1v) is 21.0. The molecule has 4 rings (SSSR count). The van der Waals surface area contributed by atoms with Gasteiger partial charge >= 0.3 is 0 Å². The monoisotopic (exact) mass is 598 g/mol. The number of hydrogen-bond acceptors (Lipinski definition) is 0. The molecule has 1 nitrogen and oxygen atoms in total. The van der Waals surface area contributed by atoms with Gasteiger partial charge in [0.1, 0.15) is 5.60 Å². The maximum Gasteiger partial charge on any atom is 0.112 e. The van der Waals surface area contributed by atoms with Gasteiger partial charge in [-0.25, -0.2) is 5.11 Å². The molecule has 1 radical (unpaired) electrons. The minimum absolute atomic E-state index is 0.439. The van der Waals surface area contributed by atoms with Gasteiger partial charge in [0, 0.05) is 0 Å². The number of rotatable bonds is 5. The van der Waals surface area contributed by atoms with Gasteiger partial charge in [0.05, 0.1) is 0 Å². The molecule has 4 fully saturated rings. The molecule has 0 aromatic carbocycles. The minimum atomic E-state index is -0.679. The summed E-state index contributed by atoms with van der Waals surface area (Å²) < 4.78 is 0. The highest BCUT2D eigenvalue weighted by atomic mass is 16.3. The fourth-order valence-corrected chi connectivity index (χ4v) is 10.9. The lowest BCUT2D eigenvalue weighted by Gasteiger charge is -2.52. The molecule has 0 atom stereocenters. The summed E-state index contributed by atoms with van der Waals surface area (Å²) in [4.78, 5) is 0. The molecular formula is C42H77O. The molecule has 0 aromatic rings. The highest BCUT2D eigenvalue weighted by molar-refractivity contribution is 5.02. The van der Waals surface area contributed by atoms with E-state index in [1.165, 1.54) is 231 Å². The first-order valence-electron chi connectivity index (χ1n) is 21.0. The van der Waals surface area contributed by atoms with Crippen LogP contribution in [-0.4, -0.2) is 5.60 Å². The summed E-state index contributed by atoms with van der Waals surface area (Å²) in [6.45, 7) is 0. The molecule has 251 valence electrons. The fraction of sp³-hybridized carbons (Fsp3) is 1.00. The maximum atomic E-state index is 16.9. The normalized spacial score (nSPS) is 26.9. The Balaban J connectivity index is 1.74. The van der Waals surface area contributed by atoms with Crippen LogP contribution in [0.25, 0.3) is 0 Å². The van der Waals surface area contributed by atoms with Crippen LogP contribution < -0.4 is 0 Å². The van der Waals surface area contributed by atoms with E-state index >= 15 is 5.11 Å². The Bertz CT molecular complexity index is 578. The van der Waals surface area contributed by atoms with Crippen LogP contribution in [0.5, 0.6) is 0 Å². The first kappa shape index (κ1) is 35.8. The maximum absolute atomic E-state index is 16.9. The molecule has 4 saturated carbocycles. The summed E-state index contributed by atoms with van der Waals surface area (Å²) in [6.07, 6.45) is 49.9. The van der Waals surface area contributed by atoms with Gasteiger partial charge in [-0.3, -0.25) is 0 Å². The average Bonchev–Trinajstić information content (AvgIpc) is 3.04. The van der Waals surface area contributed by atoms with Gasteiger partial charge < -0.3 is 0 Å². The van der Waals surface area contributed by atoms with E-state index in [0.717, 1.165) is 0 Å². The topological polar surface area (TPSA) is 19.9 Å². The Hall–Kier alpha value is -0.0400. The molecule has 0 saturated heterocycles. The van der Waals surface area contributed by atoms with Crippen molar-refractivity contribution in [2.45, 2.75) is 237 Å². The van der Waals surface area contributed by atoms with Crippen molar-refractivity contribution < 1.29 is 5.11 Å². The predicted octanol–water partition coefficient (Wildman–Crippen LogP) is 14.3. The molecule has 0 heterocycles. The highest BCUT2D eigenvalue weighted by Gasteiger charge is 2.54. The summed E-state index contributed by atoms with van der Waals surface area (Å²) in [5.74, 6) is 2.74. The van der Waals surface area contributed by atoms with Crippen molar-refractivity contribution in [1.82, 2.24) is 0 Å². The van der Waals surface area contributed by atoms with Crippen LogP contribution in [0, 0.1) is 29.6 Å². The Morgan fingerprint density at radius 2 is 0.465 bits per heavy atom. The highest BCUT2D eigenvalue weighted by Crippen LogP contribution is 2.53. The van der Waals surface area contributed by atoms with Crippen molar-refractivity contribution in [3.63, 3.8) is 0 Å². The molecule has 0 unspecified atom stereocenters. The van der Waals surface area contributed by atoms with Crippen LogP contribution in [0.3, 0.4) is 0 Å². The van der Waals surface area contributed by atoms with Crippen molar-refractivity contribution >= 4 is 0 Å². The molecule has 0 aliphatic heterocycles. The van der Waals surface area contributed by atoms with Crippen LogP contribution in [0.2, 0.25) is 0 Å². The minimum Gasteiger partial charge on any atom is -0.229 e. The summed E-state index contributed by atoms with van der Waals surface area (Å²) in [5.41, 5.74) is -0.679. The van der Waals surface area contributed by atoms with E-state index in [2.05, 4.69) is 0 Å². The van der Waals surface area contributed by atoms with E-state index in [0.29, 0.717) is 29.6 Å². The Morgan fingerprint density at radius 3 is 0.698 bits per heavy atom. The van der Waals surface area contributed by atoms with E-state index in [-0.39, 0.29) is 0 Å². The Labute approximate surface area is 270 Å². The second-order valence-electron chi connectivity index (χ2n) is 16.5. The van der Waals surface area contributed by atoms with E-state index in [1.54, 1.807) is 0 Å². The quantitative estimate of drug-likeness (QED) is 0.300. The smallest absolute Gasteiger partial charge is 0.112 e. The lowest BCUT2D eigenvalue weighted by atomic mass is 9.54. The Kier molecular flexibility index (Phi) is 18.1. The average molecular weight is 598 g/mol. The van der Waals surface area contributed by atoms with Gasteiger partial charge in [0.2, 0.25) is 0 Å². The van der Waals surface area contributed by atoms with Gasteiger partial charge in [0.15, 0.2) is 0 Å². The first-order chi connectivity index (χ1) is 21.3. The van der Waals surface area contributed by atoms with Gasteiger partial charge in [-0.2, -0.15) is 0 Å². The van der Waals surface area contributed by atoms with Crippen LogP contribution >= 0.6 is 0 Å². The van der Waals surface area contributed by atoms with Gasteiger partial charge in [0.25, 0.3) is 0 Å². The van der Waals surface area contributed by atoms with Crippen LogP contribution in [0.15, 0.2) is 0 Å². The Morgan fingerprint density at radius 1 is 0.279 bits per heavy atom. The zero-order valence-electron chi connectivity index (χ0n) is 29.3. The lowest BCUT2D eigenvalue weighted by Crippen LogP contribution is -2.55. The summed E-state index contributed by atoms with van der Waals surface area (Å²) in [6, 6.07) is 0. The molecule has 1 heteroatoms. The molecule has 0 aromatic heterocycles. The molecular weight excluding hydrogens is 520 g/mol. The standard InChI is InChI=1S/C42H77O/c43-42(39-33-25-17-9-3-10-18-26-34-39,40-35-27-19-11-4-12-20-28-36-40)41(37-29-21-13-5-1-6-14-22-30-37)38-31-23-15-7-2-8-16-24-32-38/h37-41H,1-36H2. The molecule has 0 N–H and O–H groups in total.